The zero-order chi connectivity index (χ0) is 15.5. The Labute approximate surface area is 131 Å². The highest BCUT2D eigenvalue weighted by Crippen LogP contribution is 2.31. The molecule has 1 saturated heterocycles. The summed E-state index contributed by atoms with van der Waals surface area (Å²) in [5, 5.41) is 5.56. The molecule has 1 amide bonds. The number of unbranched alkanes of at least 4 members (excludes halogenated alkanes) is 1. The van der Waals surface area contributed by atoms with Crippen molar-refractivity contribution in [1.82, 2.24) is 10.2 Å². The van der Waals surface area contributed by atoms with Crippen LogP contribution in [0.1, 0.15) is 51.1 Å². The van der Waals surface area contributed by atoms with Gasteiger partial charge in [0.15, 0.2) is 0 Å². The zero-order valence-corrected chi connectivity index (χ0v) is 14.2. The molecule has 0 bridgehead atoms. The van der Waals surface area contributed by atoms with Gasteiger partial charge in [-0.3, -0.25) is 10.1 Å². The van der Waals surface area contributed by atoms with Crippen molar-refractivity contribution in [2.75, 3.05) is 13.7 Å². The van der Waals surface area contributed by atoms with E-state index in [0.29, 0.717) is 6.54 Å². The third kappa shape index (κ3) is 3.84. The molecule has 1 aromatic rings. The number of carbonyl (C=O) groups is 1. The predicted molar refractivity (Wildman–Crippen MR) is 86.3 cm³/mol. The lowest BCUT2D eigenvalue weighted by Crippen LogP contribution is -2.43. The molecule has 21 heavy (non-hydrogen) atoms. The number of hydrogen-bond acceptors (Lipinski definition) is 4. The van der Waals surface area contributed by atoms with E-state index in [0.717, 1.165) is 19.3 Å². The monoisotopic (exact) mass is 310 g/mol. The summed E-state index contributed by atoms with van der Waals surface area (Å²) in [6.07, 6.45) is 3.07. The lowest BCUT2D eigenvalue weighted by atomic mass is 10.1. The van der Waals surface area contributed by atoms with Crippen LogP contribution in [0.3, 0.4) is 0 Å². The molecule has 1 N–H and O–H groups in total. The number of thiophene rings is 1. The highest BCUT2D eigenvalue weighted by atomic mass is 32.1. The maximum absolute atomic E-state index is 12.7. The third-order valence-corrected chi connectivity index (χ3v) is 4.94. The van der Waals surface area contributed by atoms with Crippen LogP contribution in [0.15, 0.2) is 17.5 Å². The molecule has 1 aromatic heterocycles. The molecule has 118 valence electrons. The molecule has 0 saturated carbocycles. The smallest absolute Gasteiger partial charge is 0.241 e. The normalized spacial score (nSPS) is 23.0. The second-order valence-electron chi connectivity index (χ2n) is 6.21. The van der Waals surface area contributed by atoms with Crippen molar-refractivity contribution in [3.8, 4) is 0 Å². The van der Waals surface area contributed by atoms with Crippen LogP contribution in [0.4, 0.5) is 0 Å². The third-order valence-electron chi connectivity index (χ3n) is 4.01. The highest BCUT2D eigenvalue weighted by molar-refractivity contribution is 7.10. The van der Waals surface area contributed by atoms with E-state index in [1.165, 1.54) is 4.88 Å². The Morgan fingerprint density at radius 3 is 2.81 bits per heavy atom. The van der Waals surface area contributed by atoms with E-state index in [1.807, 2.05) is 24.8 Å². The molecule has 2 rings (SSSR count). The molecule has 0 spiro atoms. The number of amides is 1. The van der Waals surface area contributed by atoms with Crippen molar-refractivity contribution in [1.29, 1.82) is 0 Å². The van der Waals surface area contributed by atoms with Crippen LogP contribution in [-0.4, -0.2) is 36.1 Å². The molecule has 1 fully saturated rings. The average molecular weight is 310 g/mol. The van der Waals surface area contributed by atoms with Crippen LogP contribution in [0.25, 0.3) is 0 Å². The van der Waals surface area contributed by atoms with Gasteiger partial charge >= 0.3 is 0 Å². The van der Waals surface area contributed by atoms with Crippen LogP contribution in [0, 0.1) is 0 Å². The van der Waals surface area contributed by atoms with Crippen molar-refractivity contribution in [3.05, 3.63) is 22.4 Å². The van der Waals surface area contributed by atoms with Gasteiger partial charge in [0.05, 0.1) is 18.2 Å². The summed E-state index contributed by atoms with van der Waals surface area (Å²) in [7, 11) is 1.70. The van der Waals surface area contributed by atoms with E-state index in [-0.39, 0.29) is 23.7 Å². The van der Waals surface area contributed by atoms with Crippen molar-refractivity contribution in [3.63, 3.8) is 0 Å². The SMILES string of the molecule is CCCCC1NC(c2cccs2)N(CC(C)(C)OC)C1=O. The van der Waals surface area contributed by atoms with Crippen LogP contribution < -0.4 is 5.32 Å². The number of nitrogens with zero attached hydrogens (tertiary/aromatic N) is 1. The number of rotatable bonds is 7. The van der Waals surface area contributed by atoms with Gasteiger partial charge < -0.3 is 9.64 Å². The standard InChI is InChI=1S/C16H26N2O2S/c1-5-6-8-12-15(19)18(11-16(2,3)20-4)14(17-12)13-9-7-10-21-13/h7,9-10,12,14,17H,5-6,8,11H2,1-4H3. The van der Waals surface area contributed by atoms with Crippen LogP contribution in [0.5, 0.6) is 0 Å². The van der Waals surface area contributed by atoms with E-state index >= 15 is 0 Å². The van der Waals surface area contributed by atoms with Gasteiger partial charge in [-0.05, 0) is 31.7 Å². The number of carbonyl (C=O) groups excluding carboxylic acids is 1. The number of methoxy groups -OCH3 is 1. The lowest BCUT2D eigenvalue weighted by Gasteiger charge is -2.32. The first-order chi connectivity index (χ1) is 9.98. The summed E-state index contributed by atoms with van der Waals surface area (Å²) in [4.78, 5) is 15.9. The van der Waals surface area contributed by atoms with Crippen molar-refractivity contribution in [2.45, 2.75) is 57.8 Å². The average Bonchev–Trinajstić information content (AvgIpc) is 3.07. The van der Waals surface area contributed by atoms with Gasteiger partial charge in [0.1, 0.15) is 6.17 Å². The van der Waals surface area contributed by atoms with Crippen molar-refractivity contribution in [2.24, 2.45) is 0 Å². The molecule has 2 atom stereocenters. The Hall–Kier alpha value is -0.910. The molecule has 0 radical (unpaired) electrons. The maximum Gasteiger partial charge on any atom is 0.241 e. The quantitative estimate of drug-likeness (QED) is 0.841. The van der Waals surface area contributed by atoms with E-state index < -0.39 is 0 Å². The fourth-order valence-electron chi connectivity index (χ4n) is 2.62. The van der Waals surface area contributed by atoms with E-state index in [2.05, 4.69) is 23.7 Å². The van der Waals surface area contributed by atoms with E-state index in [4.69, 9.17) is 4.74 Å². The minimum absolute atomic E-state index is 0.0196. The topological polar surface area (TPSA) is 41.6 Å². The first-order valence-corrected chi connectivity index (χ1v) is 8.51. The van der Waals surface area contributed by atoms with Crippen LogP contribution in [-0.2, 0) is 9.53 Å². The molecule has 4 nitrogen and oxygen atoms in total. The minimum Gasteiger partial charge on any atom is -0.377 e. The second-order valence-corrected chi connectivity index (χ2v) is 7.19. The lowest BCUT2D eigenvalue weighted by molar-refractivity contribution is -0.133. The Morgan fingerprint density at radius 1 is 1.48 bits per heavy atom. The first kappa shape index (κ1) is 16.5. The van der Waals surface area contributed by atoms with Crippen LogP contribution >= 0.6 is 11.3 Å². The van der Waals surface area contributed by atoms with Gasteiger partial charge in [0.25, 0.3) is 0 Å². The van der Waals surface area contributed by atoms with Gasteiger partial charge in [0, 0.05) is 12.0 Å². The molecule has 0 aliphatic carbocycles. The number of hydrogen-bond donors (Lipinski definition) is 1. The molecular formula is C16H26N2O2S. The van der Waals surface area contributed by atoms with Gasteiger partial charge in [-0.25, -0.2) is 0 Å². The summed E-state index contributed by atoms with van der Waals surface area (Å²) in [6.45, 7) is 6.79. The summed E-state index contributed by atoms with van der Waals surface area (Å²) in [6, 6.07) is 4.06. The van der Waals surface area contributed by atoms with Crippen molar-refractivity contribution >= 4 is 17.2 Å². The fourth-order valence-corrected chi connectivity index (χ4v) is 3.42. The Balaban J connectivity index is 2.17. The van der Waals surface area contributed by atoms with Crippen molar-refractivity contribution < 1.29 is 9.53 Å². The Bertz CT molecular complexity index is 459. The molecule has 2 unspecified atom stereocenters. The molecular weight excluding hydrogens is 284 g/mol. The maximum atomic E-state index is 12.7. The predicted octanol–water partition coefficient (Wildman–Crippen LogP) is 3.16. The zero-order valence-electron chi connectivity index (χ0n) is 13.4. The summed E-state index contributed by atoms with van der Waals surface area (Å²) in [5.41, 5.74) is -0.341. The first-order valence-electron chi connectivity index (χ1n) is 7.63. The fraction of sp³-hybridized carbons (Fsp3) is 0.688. The van der Waals surface area contributed by atoms with Crippen LogP contribution in [0.2, 0.25) is 0 Å². The Morgan fingerprint density at radius 2 is 2.24 bits per heavy atom. The van der Waals surface area contributed by atoms with E-state index in [1.54, 1.807) is 18.4 Å². The molecule has 1 aliphatic heterocycles. The molecule has 0 aromatic carbocycles. The second kappa shape index (κ2) is 6.90. The summed E-state index contributed by atoms with van der Waals surface area (Å²) >= 11 is 1.69. The minimum atomic E-state index is -0.341. The number of nitrogens with one attached hydrogen (secondary N) is 1. The largest absolute Gasteiger partial charge is 0.377 e. The molecule has 1 aliphatic rings. The molecule has 5 heteroatoms. The van der Waals surface area contributed by atoms with E-state index in [9.17, 15) is 4.79 Å². The number of ether oxygens (including phenoxy) is 1. The van der Waals surface area contributed by atoms with Gasteiger partial charge in [-0.15, -0.1) is 11.3 Å². The van der Waals surface area contributed by atoms with Gasteiger partial charge in [-0.1, -0.05) is 25.8 Å². The van der Waals surface area contributed by atoms with Gasteiger partial charge in [0.2, 0.25) is 5.91 Å². The molecule has 2 heterocycles. The Kier molecular flexibility index (Phi) is 5.41. The highest BCUT2D eigenvalue weighted by Gasteiger charge is 2.41. The summed E-state index contributed by atoms with van der Waals surface area (Å²) < 4.78 is 5.51. The van der Waals surface area contributed by atoms with Gasteiger partial charge in [-0.2, -0.15) is 0 Å². The summed E-state index contributed by atoms with van der Waals surface area (Å²) in [5.74, 6) is 0.201.